The van der Waals surface area contributed by atoms with E-state index < -0.39 is 8.32 Å². The summed E-state index contributed by atoms with van der Waals surface area (Å²) in [6.07, 6.45) is 1.21. The monoisotopic (exact) mass is 452 g/mol. The van der Waals surface area contributed by atoms with Crippen LogP contribution in [0.25, 0.3) is 0 Å². The van der Waals surface area contributed by atoms with Crippen LogP contribution in [0.4, 0.5) is 0 Å². The fraction of sp³-hybridized carbons (Fsp3) is 0.429. The van der Waals surface area contributed by atoms with Gasteiger partial charge in [0.15, 0.2) is 0 Å². The molecule has 0 saturated heterocycles. The predicted octanol–water partition coefficient (Wildman–Crippen LogP) is 5.02. The first-order valence-corrected chi connectivity index (χ1v) is 12.2. The van der Waals surface area contributed by atoms with Gasteiger partial charge in [0.2, 0.25) is 0 Å². The summed E-state index contributed by atoms with van der Waals surface area (Å²) in [7, 11) is -2.34. The van der Waals surface area contributed by atoms with E-state index in [0.29, 0.717) is 5.92 Å². The van der Waals surface area contributed by atoms with E-state index in [9.17, 15) is 0 Å². The van der Waals surface area contributed by atoms with Crippen molar-refractivity contribution in [3.63, 3.8) is 0 Å². The molecule has 0 aliphatic heterocycles. The van der Waals surface area contributed by atoms with Gasteiger partial charge in [-0.1, -0.05) is 111 Å². The molecule has 0 radical (unpaired) electrons. The van der Waals surface area contributed by atoms with E-state index in [1.54, 1.807) is 0 Å². The number of alkyl halides is 1. The topological polar surface area (TPSA) is 9.23 Å². The summed E-state index contributed by atoms with van der Waals surface area (Å²) >= 11 is 2.46. The first-order valence-electron chi connectivity index (χ1n) is 8.73. The summed E-state index contributed by atoms with van der Waals surface area (Å²) in [4.78, 5) is 0. The van der Waals surface area contributed by atoms with Crippen molar-refractivity contribution < 1.29 is 4.43 Å². The molecule has 0 bridgehead atoms. The maximum Gasteiger partial charge on any atom is 0.261 e. The second-order valence-corrected chi connectivity index (χ2v) is 12.9. The van der Waals surface area contributed by atoms with Gasteiger partial charge >= 0.3 is 0 Å². The summed E-state index contributed by atoms with van der Waals surface area (Å²) in [5.41, 5.74) is 0. The number of hydrogen-bond donors (Lipinski definition) is 0. The third kappa shape index (κ3) is 4.30. The Labute approximate surface area is 162 Å². The van der Waals surface area contributed by atoms with Crippen LogP contribution in [0, 0.1) is 5.92 Å². The Morgan fingerprint density at radius 3 is 1.75 bits per heavy atom. The van der Waals surface area contributed by atoms with Gasteiger partial charge in [0.1, 0.15) is 0 Å². The zero-order chi connectivity index (χ0) is 17.6. The Morgan fingerprint density at radius 1 is 0.917 bits per heavy atom. The molecule has 130 valence electrons. The summed E-state index contributed by atoms with van der Waals surface area (Å²) in [5.74, 6) is 0.587. The average Bonchev–Trinajstić information content (AvgIpc) is 2.56. The maximum absolute atomic E-state index is 6.92. The molecule has 0 amide bonds. The Morgan fingerprint density at radius 2 is 1.38 bits per heavy atom. The van der Waals surface area contributed by atoms with E-state index in [1.807, 2.05) is 0 Å². The van der Waals surface area contributed by atoms with Crippen molar-refractivity contribution in [1.82, 2.24) is 0 Å². The highest BCUT2D eigenvalue weighted by Gasteiger charge is 2.50. The molecule has 24 heavy (non-hydrogen) atoms. The normalized spacial score (nSPS) is 13.7. The van der Waals surface area contributed by atoms with Crippen LogP contribution < -0.4 is 10.4 Å². The van der Waals surface area contributed by atoms with Crippen molar-refractivity contribution in [1.29, 1.82) is 0 Å². The summed E-state index contributed by atoms with van der Waals surface area (Å²) in [6, 6.07) is 21.8. The number of halogens is 1. The van der Waals surface area contributed by atoms with Crippen LogP contribution in [0.5, 0.6) is 0 Å². The Hall–Kier alpha value is -0.653. The first kappa shape index (κ1) is 19.7. The molecule has 0 unspecified atom stereocenters. The van der Waals surface area contributed by atoms with Crippen LogP contribution in [-0.2, 0) is 4.43 Å². The number of benzene rings is 2. The van der Waals surface area contributed by atoms with Gasteiger partial charge in [-0.15, -0.1) is 0 Å². The van der Waals surface area contributed by atoms with E-state index in [4.69, 9.17) is 4.43 Å². The third-order valence-electron chi connectivity index (χ3n) is 4.60. The zero-order valence-corrected chi connectivity index (χ0v) is 18.4. The van der Waals surface area contributed by atoms with Gasteiger partial charge in [0.25, 0.3) is 8.32 Å². The van der Waals surface area contributed by atoms with Crippen LogP contribution in [-0.4, -0.2) is 19.4 Å². The van der Waals surface area contributed by atoms with Crippen LogP contribution in [0.3, 0.4) is 0 Å². The van der Waals surface area contributed by atoms with E-state index in [-0.39, 0.29) is 5.04 Å². The lowest BCUT2D eigenvalue weighted by molar-refractivity contribution is 0.243. The van der Waals surface area contributed by atoms with Gasteiger partial charge in [-0.3, -0.25) is 0 Å². The minimum Gasteiger partial charge on any atom is -0.407 e. The highest BCUT2D eigenvalue weighted by Crippen LogP contribution is 2.37. The minimum atomic E-state index is -2.34. The molecule has 0 aromatic heterocycles. The molecule has 1 nitrogen and oxygen atoms in total. The lowest BCUT2D eigenvalue weighted by atomic mass is 10.1. The maximum atomic E-state index is 6.92. The molecule has 1 atom stereocenters. The van der Waals surface area contributed by atoms with Crippen LogP contribution in [0.15, 0.2) is 60.7 Å². The lowest BCUT2D eigenvalue weighted by Crippen LogP contribution is -2.66. The van der Waals surface area contributed by atoms with Crippen LogP contribution >= 0.6 is 22.6 Å². The van der Waals surface area contributed by atoms with Crippen molar-refractivity contribution in [2.75, 3.05) is 11.0 Å². The van der Waals surface area contributed by atoms with Crippen molar-refractivity contribution in [2.45, 2.75) is 39.2 Å². The largest absolute Gasteiger partial charge is 0.407 e. The Bertz CT molecular complexity index is 567. The second-order valence-electron chi connectivity index (χ2n) is 7.56. The third-order valence-corrected chi connectivity index (χ3v) is 10.2. The van der Waals surface area contributed by atoms with Crippen molar-refractivity contribution in [3.8, 4) is 0 Å². The highest BCUT2D eigenvalue weighted by molar-refractivity contribution is 14.1. The molecule has 0 saturated carbocycles. The summed E-state index contributed by atoms with van der Waals surface area (Å²) < 4.78 is 8.10. The van der Waals surface area contributed by atoms with E-state index in [2.05, 4.69) is 111 Å². The Kier molecular flexibility index (Phi) is 7.07. The zero-order valence-electron chi connectivity index (χ0n) is 15.3. The number of rotatable bonds is 7. The average molecular weight is 452 g/mol. The molecular weight excluding hydrogens is 423 g/mol. The molecule has 2 aromatic carbocycles. The standard InChI is InChI=1S/C21H29IOSi/c1-18(15-16-22)17-23-24(21(2,3)4,19-11-7-5-8-12-19)20-13-9-6-10-14-20/h5-14,18H,15-17H2,1-4H3/t18-/m0/s1. The quantitative estimate of drug-likeness (QED) is 0.326. The Balaban J connectivity index is 2.53. The summed E-state index contributed by atoms with van der Waals surface area (Å²) in [5, 5.41) is 2.80. The van der Waals surface area contributed by atoms with Gasteiger partial charge in [0, 0.05) is 6.61 Å². The minimum absolute atomic E-state index is 0.0692. The van der Waals surface area contributed by atoms with Gasteiger partial charge < -0.3 is 4.43 Å². The molecule has 2 rings (SSSR count). The second kappa shape index (κ2) is 8.63. The van der Waals surface area contributed by atoms with E-state index in [1.165, 1.54) is 21.2 Å². The van der Waals surface area contributed by atoms with E-state index in [0.717, 1.165) is 6.61 Å². The molecule has 0 N–H and O–H groups in total. The van der Waals surface area contributed by atoms with Crippen molar-refractivity contribution >= 4 is 41.3 Å². The predicted molar refractivity (Wildman–Crippen MR) is 116 cm³/mol. The molecule has 0 heterocycles. The smallest absolute Gasteiger partial charge is 0.261 e. The van der Waals surface area contributed by atoms with Crippen molar-refractivity contribution in [3.05, 3.63) is 60.7 Å². The van der Waals surface area contributed by atoms with Gasteiger partial charge in [-0.05, 0) is 32.2 Å². The van der Waals surface area contributed by atoms with Gasteiger partial charge in [0.05, 0.1) is 0 Å². The fourth-order valence-corrected chi connectivity index (χ4v) is 9.05. The van der Waals surface area contributed by atoms with E-state index >= 15 is 0 Å². The first-order chi connectivity index (χ1) is 11.4. The summed E-state index contributed by atoms with van der Waals surface area (Å²) in [6.45, 7) is 10.1. The van der Waals surface area contributed by atoms with Gasteiger partial charge in [-0.2, -0.15) is 0 Å². The molecule has 0 aliphatic carbocycles. The lowest BCUT2D eigenvalue weighted by Gasteiger charge is -2.43. The van der Waals surface area contributed by atoms with Crippen molar-refractivity contribution in [2.24, 2.45) is 5.92 Å². The molecular formula is C21H29IOSi. The number of hydrogen-bond acceptors (Lipinski definition) is 1. The van der Waals surface area contributed by atoms with Gasteiger partial charge in [-0.25, -0.2) is 0 Å². The fourth-order valence-electron chi connectivity index (χ4n) is 3.30. The molecule has 3 heteroatoms. The van der Waals surface area contributed by atoms with Crippen LogP contribution in [0.1, 0.15) is 34.1 Å². The SMILES string of the molecule is C[C@@H](CCI)CO[Si](c1ccccc1)(c1ccccc1)C(C)(C)C. The molecule has 0 spiro atoms. The molecule has 0 aliphatic rings. The molecule has 2 aromatic rings. The highest BCUT2D eigenvalue weighted by atomic mass is 127. The molecule has 0 fully saturated rings. The van der Waals surface area contributed by atoms with Crippen LogP contribution in [0.2, 0.25) is 5.04 Å².